The molecule has 0 spiro atoms. The monoisotopic (exact) mass is 364 g/mol. The first-order chi connectivity index (χ1) is 13.1. The summed E-state index contributed by atoms with van der Waals surface area (Å²) in [6.45, 7) is 2.62. The summed E-state index contributed by atoms with van der Waals surface area (Å²) in [4.78, 5) is 29.1. The van der Waals surface area contributed by atoms with Gasteiger partial charge in [-0.15, -0.1) is 0 Å². The normalized spacial score (nSPS) is 22.2. The number of hydrogen-bond donors (Lipinski definition) is 1. The van der Waals surface area contributed by atoms with Gasteiger partial charge in [0.2, 0.25) is 0 Å². The van der Waals surface area contributed by atoms with Crippen LogP contribution < -0.4 is 4.90 Å². The molecule has 0 saturated carbocycles. The minimum atomic E-state index is -0.841. The van der Waals surface area contributed by atoms with Gasteiger partial charge in [-0.3, -0.25) is 9.59 Å². The van der Waals surface area contributed by atoms with Crippen LogP contribution in [-0.4, -0.2) is 48.1 Å². The molecule has 2 aliphatic heterocycles. The standard InChI is InChI=1S/C22H24N2O3/c25-21(17-10-4-5-11-20(17)23-12-6-7-13-23)24-14-18(19(15-24)22(26)27)16-8-2-1-3-9-16/h1-5,8-11,18-19H,6-7,12-15H2,(H,26,27)/t18-,19+/m0/s1. The SMILES string of the molecule is O=C(O)[C@@H]1CN(C(=O)c2ccccc2N2CCCC2)C[C@H]1c1ccccc1. The Kier molecular flexibility index (Phi) is 4.84. The number of likely N-dealkylation sites (tertiary alicyclic amines) is 1. The molecule has 1 N–H and O–H groups in total. The summed E-state index contributed by atoms with van der Waals surface area (Å²) in [6.07, 6.45) is 2.28. The Bertz CT molecular complexity index is 830. The maximum atomic E-state index is 13.3. The van der Waals surface area contributed by atoms with Gasteiger partial charge in [0.25, 0.3) is 5.91 Å². The Balaban J connectivity index is 1.61. The van der Waals surface area contributed by atoms with Gasteiger partial charge in [-0.25, -0.2) is 0 Å². The number of hydrogen-bond acceptors (Lipinski definition) is 3. The molecule has 27 heavy (non-hydrogen) atoms. The number of benzene rings is 2. The number of rotatable bonds is 4. The predicted molar refractivity (Wildman–Crippen MR) is 104 cm³/mol. The zero-order chi connectivity index (χ0) is 18.8. The molecule has 0 aliphatic carbocycles. The van der Waals surface area contributed by atoms with Crippen LogP contribution in [0.1, 0.15) is 34.7 Å². The lowest BCUT2D eigenvalue weighted by molar-refractivity contribution is -0.141. The lowest BCUT2D eigenvalue weighted by atomic mass is 9.89. The van der Waals surface area contributed by atoms with Crippen molar-refractivity contribution in [2.75, 3.05) is 31.1 Å². The van der Waals surface area contributed by atoms with E-state index >= 15 is 0 Å². The average Bonchev–Trinajstić information content (AvgIpc) is 3.38. The van der Waals surface area contributed by atoms with E-state index in [0.29, 0.717) is 12.1 Å². The van der Waals surface area contributed by atoms with Crippen molar-refractivity contribution in [1.82, 2.24) is 4.90 Å². The second-order valence-corrected chi connectivity index (χ2v) is 7.38. The minimum absolute atomic E-state index is 0.0674. The maximum absolute atomic E-state index is 13.3. The second kappa shape index (κ2) is 7.43. The summed E-state index contributed by atoms with van der Waals surface area (Å²) in [6, 6.07) is 17.4. The Morgan fingerprint density at radius 2 is 1.56 bits per heavy atom. The first-order valence-corrected chi connectivity index (χ1v) is 9.56. The highest BCUT2D eigenvalue weighted by molar-refractivity contribution is 6.00. The smallest absolute Gasteiger partial charge is 0.308 e. The fourth-order valence-corrected chi connectivity index (χ4v) is 4.32. The number of aliphatic carboxylic acids is 1. The molecule has 140 valence electrons. The average molecular weight is 364 g/mol. The molecule has 0 aromatic heterocycles. The molecule has 0 radical (unpaired) electrons. The summed E-state index contributed by atoms with van der Waals surface area (Å²) < 4.78 is 0. The van der Waals surface area contributed by atoms with E-state index in [4.69, 9.17) is 0 Å². The molecule has 2 fully saturated rings. The summed E-state index contributed by atoms with van der Waals surface area (Å²) in [5.74, 6) is -1.66. The third-order valence-electron chi connectivity index (χ3n) is 5.73. The van der Waals surface area contributed by atoms with E-state index in [-0.39, 0.29) is 18.4 Å². The Morgan fingerprint density at radius 1 is 0.889 bits per heavy atom. The van der Waals surface area contributed by atoms with Crippen LogP contribution in [0.3, 0.4) is 0 Å². The van der Waals surface area contributed by atoms with Gasteiger partial charge in [-0.2, -0.15) is 0 Å². The molecule has 5 heteroatoms. The lowest BCUT2D eigenvalue weighted by Gasteiger charge is -2.24. The van der Waals surface area contributed by atoms with E-state index in [1.54, 1.807) is 4.90 Å². The van der Waals surface area contributed by atoms with Crippen LogP contribution in [0, 0.1) is 5.92 Å². The van der Waals surface area contributed by atoms with Gasteiger partial charge in [0, 0.05) is 37.8 Å². The number of anilines is 1. The van der Waals surface area contributed by atoms with Gasteiger partial charge < -0.3 is 14.9 Å². The first-order valence-electron chi connectivity index (χ1n) is 9.56. The lowest BCUT2D eigenvalue weighted by Crippen LogP contribution is -2.31. The third kappa shape index (κ3) is 3.42. The number of carboxylic acids is 1. The van der Waals surface area contributed by atoms with Crippen LogP contribution in [0.2, 0.25) is 0 Å². The third-order valence-corrected chi connectivity index (χ3v) is 5.73. The predicted octanol–water partition coefficient (Wildman–Crippen LogP) is 3.23. The van der Waals surface area contributed by atoms with E-state index in [1.807, 2.05) is 54.6 Å². The van der Waals surface area contributed by atoms with Gasteiger partial charge in [0.15, 0.2) is 0 Å². The van der Waals surface area contributed by atoms with Gasteiger partial charge in [-0.05, 0) is 30.5 Å². The van der Waals surface area contributed by atoms with Crippen molar-refractivity contribution < 1.29 is 14.7 Å². The number of carbonyl (C=O) groups is 2. The molecule has 2 aromatic rings. The number of carbonyl (C=O) groups excluding carboxylic acids is 1. The van der Waals surface area contributed by atoms with Crippen molar-refractivity contribution in [3.8, 4) is 0 Å². The van der Waals surface area contributed by atoms with Crippen molar-refractivity contribution in [3.05, 3.63) is 65.7 Å². The highest BCUT2D eigenvalue weighted by Gasteiger charge is 2.41. The van der Waals surface area contributed by atoms with Crippen molar-refractivity contribution in [1.29, 1.82) is 0 Å². The van der Waals surface area contributed by atoms with E-state index < -0.39 is 11.9 Å². The summed E-state index contributed by atoms with van der Waals surface area (Å²) in [7, 11) is 0. The fourth-order valence-electron chi connectivity index (χ4n) is 4.32. The van der Waals surface area contributed by atoms with E-state index in [1.165, 1.54) is 0 Å². The van der Waals surface area contributed by atoms with Gasteiger partial charge in [-0.1, -0.05) is 42.5 Å². The molecule has 0 unspecified atom stereocenters. The van der Waals surface area contributed by atoms with Crippen LogP contribution in [0.25, 0.3) is 0 Å². The highest BCUT2D eigenvalue weighted by atomic mass is 16.4. The fraction of sp³-hybridized carbons (Fsp3) is 0.364. The Hall–Kier alpha value is -2.82. The molecule has 2 aliphatic rings. The maximum Gasteiger partial charge on any atom is 0.308 e. The summed E-state index contributed by atoms with van der Waals surface area (Å²) in [5.41, 5.74) is 2.63. The zero-order valence-corrected chi connectivity index (χ0v) is 15.3. The van der Waals surface area contributed by atoms with Gasteiger partial charge in [0.1, 0.15) is 0 Å². The number of amides is 1. The number of nitrogens with zero attached hydrogens (tertiary/aromatic N) is 2. The quantitative estimate of drug-likeness (QED) is 0.905. The minimum Gasteiger partial charge on any atom is -0.481 e. The molecule has 2 heterocycles. The number of carboxylic acid groups (broad SMARTS) is 1. The Morgan fingerprint density at radius 3 is 2.26 bits per heavy atom. The van der Waals surface area contributed by atoms with E-state index in [0.717, 1.165) is 37.2 Å². The van der Waals surface area contributed by atoms with Crippen LogP contribution in [-0.2, 0) is 4.79 Å². The van der Waals surface area contributed by atoms with Crippen molar-refractivity contribution in [3.63, 3.8) is 0 Å². The van der Waals surface area contributed by atoms with E-state index in [2.05, 4.69) is 4.90 Å². The zero-order valence-electron chi connectivity index (χ0n) is 15.3. The molecule has 2 aromatic carbocycles. The summed E-state index contributed by atoms with van der Waals surface area (Å²) in [5, 5.41) is 9.70. The van der Waals surface area contributed by atoms with Crippen LogP contribution in [0.4, 0.5) is 5.69 Å². The molecule has 0 bridgehead atoms. The molecular formula is C22H24N2O3. The molecule has 2 atom stereocenters. The summed E-state index contributed by atoms with van der Waals surface area (Å²) >= 11 is 0. The van der Waals surface area contributed by atoms with Crippen molar-refractivity contribution >= 4 is 17.6 Å². The van der Waals surface area contributed by atoms with Gasteiger partial charge >= 0.3 is 5.97 Å². The number of para-hydroxylation sites is 1. The van der Waals surface area contributed by atoms with Gasteiger partial charge in [0.05, 0.1) is 11.5 Å². The Labute approximate surface area is 159 Å². The van der Waals surface area contributed by atoms with Crippen LogP contribution in [0.15, 0.2) is 54.6 Å². The molecular weight excluding hydrogens is 340 g/mol. The largest absolute Gasteiger partial charge is 0.481 e. The van der Waals surface area contributed by atoms with E-state index in [9.17, 15) is 14.7 Å². The molecule has 1 amide bonds. The molecule has 4 rings (SSSR count). The first kappa shape index (κ1) is 17.6. The van der Waals surface area contributed by atoms with Crippen LogP contribution >= 0.6 is 0 Å². The van der Waals surface area contributed by atoms with Crippen LogP contribution in [0.5, 0.6) is 0 Å². The topological polar surface area (TPSA) is 60.9 Å². The van der Waals surface area contributed by atoms with Crippen molar-refractivity contribution in [2.24, 2.45) is 5.92 Å². The van der Waals surface area contributed by atoms with Crippen molar-refractivity contribution in [2.45, 2.75) is 18.8 Å². The molecule has 5 nitrogen and oxygen atoms in total. The molecule has 2 saturated heterocycles. The second-order valence-electron chi connectivity index (χ2n) is 7.38. The highest BCUT2D eigenvalue weighted by Crippen LogP contribution is 2.35.